The van der Waals surface area contributed by atoms with E-state index in [1.807, 2.05) is 26.0 Å². The summed E-state index contributed by atoms with van der Waals surface area (Å²) in [6, 6.07) is 5.44. The molecule has 0 fully saturated rings. The van der Waals surface area contributed by atoms with Crippen LogP contribution in [0.5, 0.6) is 5.75 Å². The zero-order valence-electron chi connectivity index (χ0n) is 11.7. The van der Waals surface area contributed by atoms with Crippen molar-refractivity contribution in [3.05, 3.63) is 46.9 Å². The summed E-state index contributed by atoms with van der Waals surface area (Å²) in [5.41, 5.74) is 3.11. The fourth-order valence-corrected chi connectivity index (χ4v) is 1.96. The fraction of sp³-hybridized carbons (Fsp3) is 0.267. The molecule has 20 heavy (non-hydrogen) atoms. The van der Waals surface area contributed by atoms with Gasteiger partial charge >= 0.3 is 5.97 Å². The third-order valence-electron chi connectivity index (χ3n) is 3.22. The van der Waals surface area contributed by atoms with E-state index in [9.17, 15) is 9.90 Å². The molecule has 1 heterocycles. The molecule has 2 aromatic rings. The number of nitrogens with one attached hydrogen (secondary N) is 1. The number of benzene rings is 1. The molecule has 1 aromatic carbocycles. The lowest BCUT2D eigenvalue weighted by atomic mass is 10.1. The van der Waals surface area contributed by atoms with E-state index in [0.717, 1.165) is 16.8 Å². The highest BCUT2D eigenvalue weighted by molar-refractivity contribution is 5.87. The van der Waals surface area contributed by atoms with Gasteiger partial charge in [-0.2, -0.15) is 0 Å². The number of ether oxygens (including phenoxy) is 1. The first-order valence-electron chi connectivity index (χ1n) is 6.22. The highest BCUT2D eigenvalue weighted by Crippen LogP contribution is 2.28. The van der Waals surface area contributed by atoms with Crippen molar-refractivity contribution in [2.24, 2.45) is 0 Å². The molecule has 0 aliphatic carbocycles. The molecule has 1 aromatic heterocycles. The summed E-state index contributed by atoms with van der Waals surface area (Å²) in [5, 5.41) is 13.1. The number of aromatic hydroxyl groups is 1. The minimum atomic E-state index is -0.504. The third kappa shape index (κ3) is 2.61. The second-order valence-electron chi connectivity index (χ2n) is 4.52. The second-order valence-corrected chi connectivity index (χ2v) is 4.52. The number of furan rings is 1. The van der Waals surface area contributed by atoms with Gasteiger partial charge in [0.25, 0.3) is 0 Å². The van der Waals surface area contributed by atoms with E-state index < -0.39 is 5.97 Å². The number of phenols is 1. The van der Waals surface area contributed by atoms with Crippen LogP contribution in [0.15, 0.2) is 28.9 Å². The number of rotatable bonds is 4. The van der Waals surface area contributed by atoms with Crippen molar-refractivity contribution in [1.29, 1.82) is 0 Å². The zero-order valence-corrected chi connectivity index (χ0v) is 11.7. The summed E-state index contributed by atoms with van der Waals surface area (Å²) in [7, 11) is 1.31. The summed E-state index contributed by atoms with van der Waals surface area (Å²) in [5.74, 6) is -0.0420. The molecule has 0 saturated carbocycles. The van der Waals surface area contributed by atoms with Crippen molar-refractivity contribution in [3.63, 3.8) is 0 Å². The Hall–Kier alpha value is -2.43. The first-order valence-corrected chi connectivity index (χ1v) is 6.22. The lowest BCUT2D eigenvalue weighted by Crippen LogP contribution is -2.07. The van der Waals surface area contributed by atoms with Gasteiger partial charge in [0.05, 0.1) is 13.4 Å². The highest BCUT2D eigenvalue weighted by atomic mass is 16.5. The van der Waals surface area contributed by atoms with E-state index >= 15 is 0 Å². The van der Waals surface area contributed by atoms with E-state index in [-0.39, 0.29) is 11.5 Å². The molecule has 0 bridgehead atoms. The zero-order chi connectivity index (χ0) is 14.7. The van der Waals surface area contributed by atoms with Gasteiger partial charge in [0.15, 0.2) is 0 Å². The van der Waals surface area contributed by atoms with Crippen molar-refractivity contribution >= 4 is 11.7 Å². The maximum atomic E-state index is 11.5. The van der Waals surface area contributed by atoms with Gasteiger partial charge in [0, 0.05) is 23.4 Å². The quantitative estimate of drug-likeness (QED) is 0.839. The number of hydrogen-bond acceptors (Lipinski definition) is 5. The molecule has 2 N–H and O–H groups in total. The summed E-state index contributed by atoms with van der Waals surface area (Å²) < 4.78 is 9.76. The molecule has 0 saturated heterocycles. The van der Waals surface area contributed by atoms with Gasteiger partial charge in [0.1, 0.15) is 5.75 Å². The number of aryl methyl sites for hydroxylation is 1. The van der Waals surface area contributed by atoms with E-state index in [1.165, 1.54) is 13.4 Å². The maximum Gasteiger partial charge on any atom is 0.374 e. The second kappa shape index (κ2) is 5.69. The molecule has 0 amide bonds. The van der Waals surface area contributed by atoms with Crippen LogP contribution in [-0.2, 0) is 11.3 Å². The monoisotopic (exact) mass is 275 g/mol. The van der Waals surface area contributed by atoms with Crippen LogP contribution in [0.25, 0.3) is 0 Å². The number of phenolic OH excluding ortho intramolecular Hbond substituents is 1. The van der Waals surface area contributed by atoms with Crippen LogP contribution in [0, 0.1) is 13.8 Å². The Morgan fingerprint density at radius 2 is 2.10 bits per heavy atom. The minimum absolute atomic E-state index is 0.189. The van der Waals surface area contributed by atoms with Crippen molar-refractivity contribution in [1.82, 2.24) is 0 Å². The van der Waals surface area contributed by atoms with Gasteiger partial charge in [-0.15, -0.1) is 0 Å². The lowest BCUT2D eigenvalue weighted by molar-refractivity contribution is 0.0563. The Balaban J connectivity index is 2.16. The number of carbonyl (C=O) groups is 1. The predicted molar refractivity (Wildman–Crippen MR) is 75.0 cm³/mol. The molecule has 0 radical (unpaired) electrons. The van der Waals surface area contributed by atoms with Crippen molar-refractivity contribution in [2.45, 2.75) is 20.4 Å². The highest BCUT2D eigenvalue weighted by Gasteiger charge is 2.16. The number of hydrogen-bond donors (Lipinski definition) is 2. The normalized spacial score (nSPS) is 10.3. The maximum absolute atomic E-state index is 11.5. The number of anilines is 1. The van der Waals surface area contributed by atoms with Gasteiger partial charge in [-0.25, -0.2) is 4.79 Å². The van der Waals surface area contributed by atoms with Crippen molar-refractivity contribution < 1.29 is 19.1 Å². The fourth-order valence-electron chi connectivity index (χ4n) is 1.96. The average Bonchev–Trinajstić information content (AvgIpc) is 2.91. The van der Waals surface area contributed by atoms with Crippen LogP contribution in [0.1, 0.15) is 27.2 Å². The van der Waals surface area contributed by atoms with Crippen LogP contribution < -0.4 is 5.32 Å². The topological polar surface area (TPSA) is 71.7 Å². The van der Waals surface area contributed by atoms with Crippen LogP contribution in [0.4, 0.5) is 5.69 Å². The SMILES string of the molecule is COC(=O)c1occc1CNc1ccc(C)c(O)c1C. The smallest absolute Gasteiger partial charge is 0.374 e. The third-order valence-corrected chi connectivity index (χ3v) is 3.22. The molecular formula is C15H17NO4. The number of methoxy groups -OCH3 is 1. The van der Waals surface area contributed by atoms with Crippen molar-refractivity contribution in [3.8, 4) is 5.75 Å². The van der Waals surface area contributed by atoms with Gasteiger partial charge in [-0.3, -0.25) is 0 Å². The standard InChI is InChI=1S/C15H17NO4/c1-9-4-5-12(10(2)13(9)17)16-8-11-6-7-20-14(11)15(18)19-3/h4-7,16-17H,8H2,1-3H3. The molecule has 5 heteroatoms. The Kier molecular flexibility index (Phi) is 3.98. The van der Waals surface area contributed by atoms with Gasteiger partial charge in [-0.1, -0.05) is 6.07 Å². The van der Waals surface area contributed by atoms with Crippen molar-refractivity contribution in [2.75, 3.05) is 12.4 Å². The lowest BCUT2D eigenvalue weighted by Gasteiger charge is -2.12. The molecule has 106 valence electrons. The van der Waals surface area contributed by atoms with Crippen LogP contribution in [-0.4, -0.2) is 18.2 Å². The van der Waals surface area contributed by atoms with E-state index in [2.05, 4.69) is 10.1 Å². The van der Waals surface area contributed by atoms with E-state index in [4.69, 9.17) is 4.42 Å². The molecule has 0 spiro atoms. The Morgan fingerprint density at radius 3 is 2.80 bits per heavy atom. The largest absolute Gasteiger partial charge is 0.507 e. The first kappa shape index (κ1) is 14.0. The van der Waals surface area contributed by atoms with Crippen LogP contribution in [0.3, 0.4) is 0 Å². The molecule has 5 nitrogen and oxygen atoms in total. The van der Waals surface area contributed by atoms with Gasteiger partial charge < -0.3 is 19.6 Å². The predicted octanol–water partition coefficient (Wildman–Crippen LogP) is 3.00. The van der Waals surface area contributed by atoms with E-state index in [1.54, 1.807) is 6.07 Å². The first-order chi connectivity index (χ1) is 9.54. The molecule has 2 rings (SSSR count). The number of carbonyl (C=O) groups excluding carboxylic acids is 1. The van der Waals surface area contributed by atoms with Crippen LogP contribution in [0.2, 0.25) is 0 Å². The van der Waals surface area contributed by atoms with Crippen LogP contribution >= 0.6 is 0 Å². The van der Waals surface area contributed by atoms with Gasteiger partial charge in [-0.05, 0) is 31.5 Å². The average molecular weight is 275 g/mol. The summed E-state index contributed by atoms with van der Waals surface area (Å²) >= 11 is 0. The van der Waals surface area contributed by atoms with Gasteiger partial charge in [0.2, 0.25) is 5.76 Å². The summed E-state index contributed by atoms with van der Waals surface area (Å²) in [6.45, 7) is 4.09. The molecule has 0 aliphatic heterocycles. The molecular weight excluding hydrogens is 258 g/mol. The van der Waals surface area contributed by atoms with E-state index in [0.29, 0.717) is 12.1 Å². The Morgan fingerprint density at radius 1 is 1.35 bits per heavy atom. The molecule has 0 atom stereocenters. The minimum Gasteiger partial charge on any atom is -0.507 e. The summed E-state index contributed by atoms with van der Waals surface area (Å²) in [6.07, 6.45) is 1.45. The Bertz CT molecular complexity index is 631. The molecule has 0 unspecified atom stereocenters. The molecule has 0 aliphatic rings. The Labute approximate surface area is 117 Å². The summed E-state index contributed by atoms with van der Waals surface area (Å²) in [4.78, 5) is 11.5. The number of esters is 1.